The minimum Gasteiger partial charge on any atom is -0.330 e. The van der Waals surface area contributed by atoms with Gasteiger partial charge in [-0.3, -0.25) is 0 Å². The van der Waals surface area contributed by atoms with Gasteiger partial charge in [0, 0.05) is 19.3 Å². The van der Waals surface area contributed by atoms with E-state index < -0.39 is 10.0 Å². The van der Waals surface area contributed by atoms with Crippen molar-refractivity contribution in [2.24, 2.45) is 11.7 Å². The van der Waals surface area contributed by atoms with Gasteiger partial charge in [-0.25, -0.2) is 13.4 Å². The van der Waals surface area contributed by atoms with Crippen molar-refractivity contribution < 1.29 is 8.42 Å². The lowest BCUT2D eigenvalue weighted by Gasteiger charge is -2.31. The average Bonchev–Trinajstić information content (AvgIpc) is 2.39. The van der Waals surface area contributed by atoms with Gasteiger partial charge in [-0.15, -0.1) is 0 Å². The van der Waals surface area contributed by atoms with E-state index in [9.17, 15) is 8.42 Å². The van der Waals surface area contributed by atoms with E-state index in [4.69, 9.17) is 17.3 Å². The fraction of sp³-hybridized carbons (Fsp3) is 0.545. The van der Waals surface area contributed by atoms with Gasteiger partial charge in [0.05, 0.1) is 5.02 Å². The number of hydrogen-bond acceptors (Lipinski definition) is 4. The molecule has 0 bridgehead atoms. The van der Waals surface area contributed by atoms with E-state index in [0.29, 0.717) is 19.6 Å². The van der Waals surface area contributed by atoms with Crippen LogP contribution in [0, 0.1) is 5.92 Å². The van der Waals surface area contributed by atoms with Crippen molar-refractivity contribution in [1.82, 2.24) is 9.29 Å². The van der Waals surface area contributed by atoms with Crippen LogP contribution in [-0.4, -0.2) is 37.3 Å². The maximum atomic E-state index is 12.4. The number of aromatic nitrogens is 1. The second kappa shape index (κ2) is 5.52. The summed E-state index contributed by atoms with van der Waals surface area (Å²) in [6, 6.07) is 3.14. The molecule has 2 rings (SSSR count). The van der Waals surface area contributed by atoms with Crippen LogP contribution in [0.5, 0.6) is 0 Å². The molecule has 5 nitrogen and oxygen atoms in total. The standard InChI is InChI=1S/C11H16ClN3O2S/c12-10-4-1-5-14-11(10)18(16,17)15-6-2-3-9(7-13)8-15/h1,4-5,9H,2-3,6-8,13H2/t9-/m0/s1. The smallest absolute Gasteiger partial charge is 0.262 e. The van der Waals surface area contributed by atoms with Crippen LogP contribution in [0.3, 0.4) is 0 Å². The molecule has 18 heavy (non-hydrogen) atoms. The van der Waals surface area contributed by atoms with Gasteiger partial charge in [-0.05, 0) is 37.4 Å². The molecule has 1 aromatic rings. The molecule has 1 saturated heterocycles. The van der Waals surface area contributed by atoms with Gasteiger partial charge in [0.25, 0.3) is 10.0 Å². The minimum atomic E-state index is -3.60. The third kappa shape index (κ3) is 2.66. The average molecular weight is 290 g/mol. The number of halogens is 1. The number of nitrogens with zero attached hydrogens (tertiary/aromatic N) is 2. The summed E-state index contributed by atoms with van der Waals surface area (Å²) < 4.78 is 26.2. The van der Waals surface area contributed by atoms with Crippen LogP contribution < -0.4 is 5.73 Å². The van der Waals surface area contributed by atoms with Gasteiger partial charge < -0.3 is 5.73 Å². The number of rotatable bonds is 3. The van der Waals surface area contributed by atoms with Crippen molar-refractivity contribution in [3.05, 3.63) is 23.4 Å². The Morgan fingerprint density at radius 1 is 1.56 bits per heavy atom. The molecule has 100 valence electrons. The molecule has 0 aliphatic carbocycles. The van der Waals surface area contributed by atoms with Crippen molar-refractivity contribution in [1.29, 1.82) is 0 Å². The molecule has 1 aliphatic rings. The summed E-state index contributed by atoms with van der Waals surface area (Å²) in [5.74, 6) is 0.219. The second-order valence-corrected chi connectivity index (χ2v) is 6.66. The highest BCUT2D eigenvalue weighted by Gasteiger charge is 2.31. The van der Waals surface area contributed by atoms with Crippen molar-refractivity contribution in [3.63, 3.8) is 0 Å². The summed E-state index contributed by atoms with van der Waals surface area (Å²) in [7, 11) is -3.60. The summed E-state index contributed by atoms with van der Waals surface area (Å²) in [5, 5.41) is 0.0942. The van der Waals surface area contributed by atoms with E-state index in [1.54, 1.807) is 6.07 Å². The first kappa shape index (κ1) is 13.7. The van der Waals surface area contributed by atoms with Crippen LogP contribution in [0.1, 0.15) is 12.8 Å². The molecule has 7 heteroatoms. The van der Waals surface area contributed by atoms with Crippen LogP contribution in [0.25, 0.3) is 0 Å². The van der Waals surface area contributed by atoms with E-state index in [1.165, 1.54) is 16.6 Å². The predicted molar refractivity (Wildman–Crippen MR) is 69.8 cm³/mol. The molecule has 0 saturated carbocycles. The predicted octanol–water partition coefficient (Wildman–Crippen LogP) is 1.09. The Kier molecular flexibility index (Phi) is 4.21. The van der Waals surface area contributed by atoms with Crippen LogP contribution in [0.2, 0.25) is 5.02 Å². The Balaban J connectivity index is 2.29. The van der Waals surface area contributed by atoms with E-state index >= 15 is 0 Å². The van der Waals surface area contributed by atoms with Gasteiger partial charge in [-0.1, -0.05) is 11.6 Å². The van der Waals surface area contributed by atoms with Gasteiger partial charge >= 0.3 is 0 Å². The Bertz CT molecular complexity index is 521. The van der Waals surface area contributed by atoms with Crippen LogP contribution in [-0.2, 0) is 10.0 Å². The number of sulfonamides is 1. The van der Waals surface area contributed by atoms with E-state index in [-0.39, 0.29) is 16.0 Å². The van der Waals surface area contributed by atoms with Crippen molar-refractivity contribution in [2.75, 3.05) is 19.6 Å². The highest BCUT2D eigenvalue weighted by atomic mass is 35.5. The van der Waals surface area contributed by atoms with E-state index in [1.807, 2.05) is 0 Å². The second-order valence-electron chi connectivity index (χ2n) is 4.40. The van der Waals surface area contributed by atoms with Crippen molar-refractivity contribution in [3.8, 4) is 0 Å². The Labute approximate surface area is 112 Å². The molecule has 0 aromatic carbocycles. The summed E-state index contributed by atoms with van der Waals surface area (Å²) >= 11 is 5.91. The first-order valence-electron chi connectivity index (χ1n) is 5.86. The summed E-state index contributed by atoms with van der Waals surface area (Å²) in [4.78, 5) is 3.88. The lowest BCUT2D eigenvalue weighted by atomic mass is 10.0. The maximum Gasteiger partial charge on any atom is 0.262 e. The van der Waals surface area contributed by atoms with Crippen LogP contribution in [0.15, 0.2) is 23.4 Å². The van der Waals surface area contributed by atoms with Crippen LogP contribution >= 0.6 is 11.6 Å². The summed E-state index contributed by atoms with van der Waals surface area (Å²) in [6.07, 6.45) is 3.23. The van der Waals surface area contributed by atoms with Crippen LogP contribution in [0.4, 0.5) is 0 Å². The lowest BCUT2D eigenvalue weighted by molar-refractivity contribution is 0.271. The molecule has 0 radical (unpaired) electrons. The third-order valence-electron chi connectivity index (χ3n) is 3.12. The Morgan fingerprint density at radius 2 is 2.33 bits per heavy atom. The van der Waals surface area contributed by atoms with Gasteiger partial charge in [0.1, 0.15) is 0 Å². The Hall–Kier alpha value is -0.690. The molecular weight excluding hydrogens is 274 g/mol. The molecular formula is C11H16ClN3O2S. The monoisotopic (exact) mass is 289 g/mol. The summed E-state index contributed by atoms with van der Waals surface area (Å²) in [5.41, 5.74) is 5.61. The molecule has 1 aliphatic heterocycles. The van der Waals surface area contributed by atoms with Gasteiger partial charge in [0.15, 0.2) is 5.03 Å². The third-order valence-corrected chi connectivity index (χ3v) is 5.37. The van der Waals surface area contributed by atoms with E-state index in [2.05, 4.69) is 4.98 Å². The molecule has 1 fully saturated rings. The maximum absolute atomic E-state index is 12.4. The number of pyridine rings is 1. The number of hydrogen-bond donors (Lipinski definition) is 1. The minimum absolute atomic E-state index is 0.0654. The van der Waals surface area contributed by atoms with Gasteiger partial charge in [-0.2, -0.15) is 4.31 Å². The molecule has 0 unspecified atom stereocenters. The molecule has 2 heterocycles. The lowest BCUT2D eigenvalue weighted by Crippen LogP contribution is -2.42. The number of nitrogens with two attached hydrogens (primary N) is 1. The first-order chi connectivity index (χ1) is 8.55. The summed E-state index contributed by atoms with van der Waals surface area (Å²) in [6.45, 7) is 1.46. The molecule has 0 spiro atoms. The van der Waals surface area contributed by atoms with Gasteiger partial charge in [0.2, 0.25) is 0 Å². The molecule has 1 atom stereocenters. The van der Waals surface area contributed by atoms with Crippen molar-refractivity contribution >= 4 is 21.6 Å². The fourth-order valence-corrected chi connectivity index (χ4v) is 4.06. The molecule has 1 aromatic heterocycles. The number of piperidine rings is 1. The molecule has 2 N–H and O–H groups in total. The molecule has 0 amide bonds. The fourth-order valence-electron chi connectivity index (χ4n) is 2.12. The highest BCUT2D eigenvalue weighted by molar-refractivity contribution is 7.89. The SMILES string of the molecule is NC[C@@H]1CCCN(S(=O)(=O)c2ncccc2Cl)C1. The zero-order valence-electron chi connectivity index (χ0n) is 9.92. The van der Waals surface area contributed by atoms with E-state index in [0.717, 1.165) is 12.8 Å². The topological polar surface area (TPSA) is 76.3 Å². The quantitative estimate of drug-likeness (QED) is 0.904. The first-order valence-corrected chi connectivity index (χ1v) is 7.68. The normalized spacial score (nSPS) is 22.0. The highest BCUT2D eigenvalue weighted by Crippen LogP contribution is 2.26. The largest absolute Gasteiger partial charge is 0.330 e. The zero-order valence-corrected chi connectivity index (χ0v) is 11.5. The Morgan fingerprint density at radius 3 is 3.00 bits per heavy atom. The zero-order chi connectivity index (χ0) is 13.2. The van der Waals surface area contributed by atoms with Crippen molar-refractivity contribution in [2.45, 2.75) is 17.9 Å².